The van der Waals surface area contributed by atoms with Crippen LogP contribution in [-0.4, -0.2) is 28.1 Å². The van der Waals surface area contributed by atoms with Crippen molar-refractivity contribution in [3.05, 3.63) is 69.1 Å². The van der Waals surface area contributed by atoms with Crippen molar-refractivity contribution in [3.8, 4) is 0 Å². The van der Waals surface area contributed by atoms with E-state index >= 15 is 0 Å². The molecule has 1 aromatic heterocycles. The number of benzene rings is 2. The molecule has 1 heterocycles. The summed E-state index contributed by atoms with van der Waals surface area (Å²) in [5.74, 6) is -0.836. The second kappa shape index (κ2) is 8.26. The first-order chi connectivity index (χ1) is 13.8. The van der Waals surface area contributed by atoms with Crippen molar-refractivity contribution in [1.82, 2.24) is 15.1 Å². The maximum atomic E-state index is 12.7. The number of aryl methyl sites for hydroxylation is 4. The van der Waals surface area contributed by atoms with E-state index in [1.807, 2.05) is 32.9 Å². The highest BCUT2D eigenvalue weighted by Gasteiger charge is 2.17. The van der Waals surface area contributed by atoms with E-state index < -0.39 is 5.91 Å². The number of carbonyl (C=O) groups is 2. The zero-order valence-corrected chi connectivity index (χ0v) is 17.0. The lowest BCUT2D eigenvalue weighted by molar-refractivity contribution is -0.115. The number of carbonyl (C=O) groups excluding carboxylic acids is 2. The van der Waals surface area contributed by atoms with Gasteiger partial charge in [-0.05, 0) is 44.9 Å². The molecular weight excluding hydrogens is 368 g/mol. The minimum absolute atomic E-state index is 0.123. The van der Waals surface area contributed by atoms with E-state index in [1.165, 1.54) is 4.68 Å². The molecule has 0 aliphatic carbocycles. The number of nitrogens with one attached hydrogen (secondary N) is 2. The number of aromatic nitrogens is 2. The van der Waals surface area contributed by atoms with Crippen LogP contribution in [0.25, 0.3) is 10.8 Å². The average Bonchev–Trinajstić information content (AvgIpc) is 2.69. The molecule has 7 nitrogen and oxygen atoms in total. The number of amides is 2. The molecule has 3 rings (SSSR count). The van der Waals surface area contributed by atoms with E-state index in [9.17, 15) is 14.4 Å². The third-order valence-corrected chi connectivity index (χ3v) is 4.73. The zero-order valence-electron chi connectivity index (χ0n) is 17.0. The van der Waals surface area contributed by atoms with Crippen molar-refractivity contribution < 1.29 is 9.59 Å². The van der Waals surface area contributed by atoms with E-state index in [0.29, 0.717) is 17.3 Å². The molecular formula is C22H24N4O3. The van der Waals surface area contributed by atoms with Gasteiger partial charge in [0.15, 0.2) is 5.69 Å². The Morgan fingerprint density at radius 3 is 2.28 bits per heavy atom. The normalized spacial score (nSPS) is 10.8. The van der Waals surface area contributed by atoms with Gasteiger partial charge in [0.2, 0.25) is 5.91 Å². The lowest BCUT2D eigenvalue weighted by Gasteiger charge is -2.13. The topological polar surface area (TPSA) is 93.1 Å². The third kappa shape index (κ3) is 4.18. The Morgan fingerprint density at radius 2 is 1.66 bits per heavy atom. The second-order valence-corrected chi connectivity index (χ2v) is 7.02. The van der Waals surface area contributed by atoms with Crippen LogP contribution in [0.4, 0.5) is 5.69 Å². The SMILES string of the molecule is CCn1nc(C(=O)NCC(=O)Nc2c(C)cc(C)cc2C)c2ccccc2c1=O. The molecule has 150 valence electrons. The van der Waals surface area contributed by atoms with Gasteiger partial charge < -0.3 is 10.6 Å². The van der Waals surface area contributed by atoms with Gasteiger partial charge >= 0.3 is 0 Å². The summed E-state index contributed by atoms with van der Waals surface area (Å²) in [6.45, 7) is 7.78. The molecule has 2 aromatic carbocycles. The van der Waals surface area contributed by atoms with Crippen LogP contribution in [0.3, 0.4) is 0 Å². The molecule has 0 saturated heterocycles. The highest BCUT2D eigenvalue weighted by atomic mass is 16.2. The molecule has 7 heteroatoms. The molecule has 2 N–H and O–H groups in total. The van der Waals surface area contributed by atoms with Crippen LogP contribution in [0, 0.1) is 20.8 Å². The average molecular weight is 392 g/mol. The van der Waals surface area contributed by atoms with Crippen LogP contribution in [-0.2, 0) is 11.3 Å². The van der Waals surface area contributed by atoms with E-state index in [0.717, 1.165) is 22.4 Å². The van der Waals surface area contributed by atoms with Crippen LogP contribution in [0.2, 0.25) is 0 Å². The van der Waals surface area contributed by atoms with Crippen molar-refractivity contribution >= 4 is 28.3 Å². The van der Waals surface area contributed by atoms with Gasteiger partial charge in [-0.25, -0.2) is 4.68 Å². The van der Waals surface area contributed by atoms with Gasteiger partial charge in [0, 0.05) is 17.6 Å². The van der Waals surface area contributed by atoms with Crippen molar-refractivity contribution in [1.29, 1.82) is 0 Å². The fourth-order valence-corrected chi connectivity index (χ4v) is 3.42. The van der Waals surface area contributed by atoms with Gasteiger partial charge in [0.25, 0.3) is 11.5 Å². The summed E-state index contributed by atoms with van der Waals surface area (Å²) in [6.07, 6.45) is 0. The van der Waals surface area contributed by atoms with Crippen LogP contribution in [0.1, 0.15) is 34.1 Å². The van der Waals surface area contributed by atoms with Crippen molar-refractivity contribution in [3.63, 3.8) is 0 Å². The molecule has 0 spiro atoms. The Balaban J connectivity index is 1.79. The van der Waals surface area contributed by atoms with Crippen LogP contribution >= 0.6 is 0 Å². The zero-order chi connectivity index (χ0) is 21.1. The first kappa shape index (κ1) is 20.3. The van der Waals surface area contributed by atoms with Crippen LogP contribution in [0.15, 0.2) is 41.2 Å². The molecule has 0 atom stereocenters. The van der Waals surface area contributed by atoms with Gasteiger partial charge in [0.05, 0.1) is 11.9 Å². The molecule has 0 aliphatic heterocycles. The molecule has 2 amide bonds. The predicted molar refractivity (Wildman–Crippen MR) is 113 cm³/mol. The van der Waals surface area contributed by atoms with Crippen molar-refractivity contribution in [2.45, 2.75) is 34.2 Å². The predicted octanol–water partition coefficient (Wildman–Crippen LogP) is 2.71. The number of rotatable bonds is 5. The quantitative estimate of drug-likeness (QED) is 0.698. The summed E-state index contributed by atoms with van der Waals surface area (Å²) in [5, 5.41) is 10.5. The number of fused-ring (bicyclic) bond motifs is 1. The molecule has 0 unspecified atom stereocenters. The number of anilines is 1. The lowest BCUT2D eigenvalue weighted by atomic mass is 10.1. The minimum atomic E-state index is -0.504. The summed E-state index contributed by atoms with van der Waals surface area (Å²) in [4.78, 5) is 37.5. The molecule has 0 bridgehead atoms. The standard InChI is InChI=1S/C22H24N4O3/c1-5-26-22(29)17-9-7-6-8-16(17)20(25-26)21(28)23-12-18(27)24-19-14(3)10-13(2)11-15(19)4/h6-11H,5,12H2,1-4H3,(H,23,28)(H,24,27). The summed E-state index contributed by atoms with van der Waals surface area (Å²) in [6, 6.07) is 10.8. The third-order valence-electron chi connectivity index (χ3n) is 4.73. The summed E-state index contributed by atoms with van der Waals surface area (Å²) in [5.41, 5.74) is 3.67. The molecule has 29 heavy (non-hydrogen) atoms. The Morgan fingerprint density at radius 1 is 1.03 bits per heavy atom. The van der Waals surface area contributed by atoms with E-state index in [1.54, 1.807) is 31.2 Å². The highest BCUT2D eigenvalue weighted by molar-refractivity contribution is 6.06. The van der Waals surface area contributed by atoms with E-state index in [4.69, 9.17) is 0 Å². The largest absolute Gasteiger partial charge is 0.342 e. The fraction of sp³-hybridized carbons (Fsp3) is 0.273. The van der Waals surface area contributed by atoms with Crippen LogP contribution < -0.4 is 16.2 Å². The summed E-state index contributed by atoms with van der Waals surface area (Å²) in [7, 11) is 0. The first-order valence-electron chi connectivity index (χ1n) is 9.47. The lowest BCUT2D eigenvalue weighted by Crippen LogP contribution is -2.35. The molecule has 0 fully saturated rings. The van der Waals surface area contributed by atoms with Gasteiger partial charge in [-0.15, -0.1) is 0 Å². The van der Waals surface area contributed by atoms with E-state index in [2.05, 4.69) is 15.7 Å². The number of hydrogen-bond acceptors (Lipinski definition) is 4. The monoisotopic (exact) mass is 392 g/mol. The Labute approximate surface area is 168 Å². The Bertz CT molecular complexity index is 1140. The maximum Gasteiger partial charge on any atom is 0.274 e. The maximum absolute atomic E-state index is 12.7. The smallest absolute Gasteiger partial charge is 0.274 e. The summed E-state index contributed by atoms with van der Waals surface area (Å²) < 4.78 is 1.25. The molecule has 0 radical (unpaired) electrons. The highest BCUT2D eigenvalue weighted by Crippen LogP contribution is 2.21. The molecule has 0 aliphatic rings. The van der Waals surface area contributed by atoms with E-state index in [-0.39, 0.29) is 23.7 Å². The fourth-order valence-electron chi connectivity index (χ4n) is 3.42. The first-order valence-corrected chi connectivity index (χ1v) is 9.47. The van der Waals surface area contributed by atoms with Crippen molar-refractivity contribution in [2.75, 3.05) is 11.9 Å². The Kier molecular flexibility index (Phi) is 5.77. The van der Waals surface area contributed by atoms with Crippen molar-refractivity contribution in [2.24, 2.45) is 0 Å². The number of nitrogens with zero attached hydrogens (tertiary/aromatic N) is 2. The van der Waals surface area contributed by atoms with Gasteiger partial charge in [-0.1, -0.05) is 35.9 Å². The molecule has 3 aromatic rings. The van der Waals surface area contributed by atoms with Gasteiger partial charge in [-0.2, -0.15) is 5.10 Å². The molecule has 0 saturated carbocycles. The van der Waals surface area contributed by atoms with Gasteiger partial charge in [0.1, 0.15) is 0 Å². The summed E-state index contributed by atoms with van der Waals surface area (Å²) >= 11 is 0. The van der Waals surface area contributed by atoms with Crippen LogP contribution in [0.5, 0.6) is 0 Å². The Hall–Kier alpha value is -3.48. The van der Waals surface area contributed by atoms with Gasteiger partial charge in [-0.3, -0.25) is 14.4 Å². The number of hydrogen-bond donors (Lipinski definition) is 2. The minimum Gasteiger partial charge on any atom is -0.342 e. The second-order valence-electron chi connectivity index (χ2n) is 7.02.